The summed E-state index contributed by atoms with van der Waals surface area (Å²) in [5, 5.41) is 13.0. The van der Waals surface area contributed by atoms with Crippen molar-refractivity contribution in [3.8, 4) is 11.5 Å². The Kier molecular flexibility index (Phi) is 9.08. The smallest absolute Gasteiger partial charge is 0.234 e. The normalized spacial score (nSPS) is 10.8. The molecule has 0 atom stereocenters. The average Bonchev–Trinajstić information content (AvgIpc) is 3.12. The van der Waals surface area contributed by atoms with Crippen LogP contribution in [-0.2, 0) is 18.3 Å². The maximum atomic E-state index is 12.3. The quantitative estimate of drug-likeness (QED) is 0.289. The van der Waals surface area contributed by atoms with Crippen molar-refractivity contribution in [2.45, 2.75) is 24.9 Å². The molecule has 10 heteroatoms. The fraction of sp³-hybridized carbons (Fsp3) is 0.318. The second kappa shape index (κ2) is 12.0. The molecule has 7 nitrogen and oxygen atoms in total. The average molecular weight is 495 g/mol. The number of aromatic nitrogens is 3. The summed E-state index contributed by atoms with van der Waals surface area (Å²) in [4.78, 5) is 12.3. The standard InChI is InChI=1S/C22H24Cl2N4O3S/c1-3-30-17-9-7-16(8-10-17)25-21(29)14-32-22-27-26-20(28(22)2)5-4-12-31-19-11-6-15(23)13-18(19)24/h6-11,13H,3-5,12,14H2,1-2H3,(H,25,29). The molecule has 0 aliphatic rings. The van der Waals surface area contributed by atoms with Gasteiger partial charge in [0.25, 0.3) is 0 Å². The van der Waals surface area contributed by atoms with E-state index in [0.29, 0.717) is 40.6 Å². The van der Waals surface area contributed by atoms with Crippen molar-refractivity contribution < 1.29 is 14.3 Å². The van der Waals surface area contributed by atoms with Gasteiger partial charge in [0.15, 0.2) is 5.16 Å². The van der Waals surface area contributed by atoms with Crippen LogP contribution in [0, 0.1) is 0 Å². The molecule has 1 N–H and O–H groups in total. The van der Waals surface area contributed by atoms with E-state index < -0.39 is 0 Å². The SMILES string of the molecule is CCOc1ccc(NC(=O)CSc2nnc(CCCOc3ccc(Cl)cc3Cl)n2C)cc1. The maximum Gasteiger partial charge on any atom is 0.234 e. The molecule has 0 aliphatic heterocycles. The maximum absolute atomic E-state index is 12.3. The van der Waals surface area contributed by atoms with E-state index in [0.717, 1.165) is 23.7 Å². The number of amides is 1. The monoisotopic (exact) mass is 494 g/mol. The Bertz CT molecular complexity index is 1040. The van der Waals surface area contributed by atoms with Crippen LogP contribution in [0.3, 0.4) is 0 Å². The van der Waals surface area contributed by atoms with E-state index in [1.54, 1.807) is 18.2 Å². The molecule has 0 saturated carbocycles. The Hall–Kier alpha value is -2.42. The van der Waals surface area contributed by atoms with Gasteiger partial charge in [-0.1, -0.05) is 35.0 Å². The summed E-state index contributed by atoms with van der Waals surface area (Å²) >= 11 is 13.3. The Morgan fingerprint density at radius 2 is 1.91 bits per heavy atom. The molecule has 0 bridgehead atoms. The summed E-state index contributed by atoms with van der Waals surface area (Å²) in [7, 11) is 1.89. The summed E-state index contributed by atoms with van der Waals surface area (Å²) < 4.78 is 13.0. The lowest BCUT2D eigenvalue weighted by atomic mass is 10.3. The van der Waals surface area contributed by atoms with Crippen LogP contribution in [0.5, 0.6) is 11.5 Å². The Labute approximate surface area is 201 Å². The number of halogens is 2. The number of nitrogens with one attached hydrogen (secondary N) is 1. The van der Waals surface area contributed by atoms with Gasteiger partial charge < -0.3 is 19.4 Å². The van der Waals surface area contributed by atoms with Gasteiger partial charge in [0, 0.05) is 24.2 Å². The molecule has 1 heterocycles. The van der Waals surface area contributed by atoms with Crippen molar-refractivity contribution >= 4 is 46.6 Å². The summed E-state index contributed by atoms with van der Waals surface area (Å²) in [6.45, 7) is 3.02. The first-order chi connectivity index (χ1) is 15.5. The number of aryl methyl sites for hydroxylation is 1. The lowest BCUT2D eigenvalue weighted by Crippen LogP contribution is -2.14. The second-order valence-corrected chi connectivity index (χ2v) is 8.56. The van der Waals surface area contributed by atoms with Crippen LogP contribution in [0.25, 0.3) is 0 Å². The first kappa shape index (κ1) is 24.2. The molecule has 2 aromatic carbocycles. The van der Waals surface area contributed by atoms with Crippen molar-refractivity contribution in [2.24, 2.45) is 7.05 Å². The van der Waals surface area contributed by atoms with Crippen molar-refractivity contribution in [3.05, 3.63) is 58.3 Å². The van der Waals surface area contributed by atoms with Gasteiger partial charge in [-0.25, -0.2) is 0 Å². The molecule has 1 aromatic heterocycles. The first-order valence-electron chi connectivity index (χ1n) is 10.1. The Balaban J connectivity index is 1.42. The van der Waals surface area contributed by atoms with Crippen LogP contribution < -0.4 is 14.8 Å². The largest absolute Gasteiger partial charge is 0.494 e. The van der Waals surface area contributed by atoms with E-state index in [4.69, 9.17) is 32.7 Å². The van der Waals surface area contributed by atoms with Gasteiger partial charge >= 0.3 is 0 Å². The number of hydrogen-bond acceptors (Lipinski definition) is 6. The molecule has 0 aliphatic carbocycles. The molecule has 0 unspecified atom stereocenters. The molecular weight excluding hydrogens is 471 g/mol. The van der Waals surface area contributed by atoms with Crippen LogP contribution in [-0.4, -0.2) is 39.6 Å². The van der Waals surface area contributed by atoms with Gasteiger partial charge in [-0.15, -0.1) is 10.2 Å². The molecule has 3 rings (SSSR count). The minimum absolute atomic E-state index is 0.114. The number of rotatable bonds is 11. The predicted octanol–water partition coefficient (Wildman–Crippen LogP) is 5.26. The summed E-state index contributed by atoms with van der Waals surface area (Å²) in [5.41, 5.74) is 0.721. The molecule has 0 saturated heterocycles. The van der Waals surface area contributed by atoms with Crippen LogP contribution in [0.15, 0.2) is 47.6 Å². The predicted molar refractivity (Wildman–Crippen MR) is 128 cm³/mol. The Morgan fingerprint density at radius 3 is 2.62 bits per heavy atom. The zero-order valence-corrected chi connectivity index (χ0v) is 20.1. The highest BCUT2D eigenvalue weighted by Crippen LogP contribution is 2.27. The minimum atomic E-state index is -0.114. The Morgan fingerprint density at radius 1 is 1.12 bits per heavy atom. The zero-order valence-electron chi connectivity index (χ0n) is 17.8. The van der Waals surface area contributed by atoms with Gasteiger partial charge in [0.1, 0.15) is 17.3 Å². The van der Waals surface area contributed by atoms with Crippen LogP contribution in [0.1, 0.15) is 19.2 Å². The highest BCUT2D eigenvalue weighted by molar-refractivity contribution is 7.99. The van der Waals surface area contributed by atoms with E-state index in [9.17, 15) is 4.79 Å². The molecule has 170 valence electrons. The minimum Gasteiger partial charge on any atom is -0.494 e. The fourth-order valence-electron chi connectivity index (χ4n) is 2.82. The van der Waals surface area contributed by atoms with Crippen molar-refractivity contribution in [1.82, 2.24) is 14.8 Å². The lowest BCUT2D eigenvalue weighted by molar-refractivity contribution is -0.113. The number of anilines is 1. The third kappa shape index (κ3) is 7.05. The number of hydrogen-bond donors (Lipinski definition) is 1. The number of nitrogens with zero attached hydrogens (tertiary/aromatic N) is 3. The molecule has 1 amide bonds. The molecule has 0 fully saturated rings. The summed E-state index contributed by atoms with van der Waals surface area (Å²) in [5.74, 6) is 2.32. The van der Waals surface area contributed by atoms with Crippen LogP contribution >= 0.6 is 35.0 Å². The van der Waals surface area contributed by atoms with Crippen LogP contribution in [0.2, 0.25) is 10.0 Å². The number of ether oxygens (including phenoxy) is 2. The third-order valence-corrected chi connectivity index (χ3v) is 5.95. The van der Waals surface area contributed by atoms with Gasteiger partial charge in [0.2, 0.25) is 5.91 Å². The molecule has 3 aromatic rings. The third-order valence-electron chi connectivity index (χ3n) is 4.40. The second-order valence-electron chi connectivity index (χ2n) is 6.78. The van der Waals surface area contributed by atoms with E-state index in [-0.39, 0.29) is 11.7 Å². The summed E-state index contributed by atoms with van der Waals surface area (Å²) in [6.07, 6.45) is 1.43. The zero-order chi connectivity index (χ0) is 22.9. The number of benzene rings is 2. The highest BCUT2D eigenvalue weighted by Gasteiger charge is 2.12. The molecular formula is C22H24Cl2N4O3S. The molecule has 0 radical (unpaired) electrons. The van der Waals surface area contributed by atoms with Crippen molar-refractivity contribution in [3.63, 3.8) is 0 Å². The molecule has 0 spiro atoms. The van der Waals surface area contributed by atoms with Gasteiger partial charge in [-0.2, -0.15) is 0 Å². The van der Waals surface area contributed by atoms with E-state index >= 15 is 0 Å². The first-order valence-corrected chi connectivity index (χ1v) is 11.8. The molecule has 32 heavy (non-hydrogen) atoms. The van der Waals surface area contributed by atoms with E-state index in [2.05, 4.69) is 15.5 Å². The number of carbonyl (C=O) groups excluding carboxylic acids is 1. The van der Waals surface area contributed by atoms with Crippen LogP contribution in [0.4, 0.5) is 5.69 Å². The van der Waals surface area contributed by atoms with Gasteiger partial charge in [-0.3, -0.25) is 4.79 Å². The highest BCUT2D eigenvalue weighted by atomic mass is 35.5. The lowest BCUT2D eigenvalue weighted by Gasteiger charge is -2.08. The van der Waals surface area contributed by atoms with Gasteiger partial charge in [-0.05, 0) is 55.8 Å². The number of carbonyl (C=O) groups is 1. The fourth-order valence-corrected chi connectivity index (χ4v) is 4.01. The van der Waals surface area contributed by atoms with Crippen molar-refractivity contribution in [2.75, 3.05) is 24.3 Å². The van der Waals surface area contributed by atoms with Crippen molar-refractivity contribution in [1.29, 1.82) is 0 Å². The van der Waals surface area contributed by atoms with Gasteiger partial charge in [0.05, 0.1) is 24.0 Å². The topological polar surface area (TPSA) is 78.3 Å². The number of thioether (sulfide) groups is 1. The van der Waals surface area contributed by atoms with E-state index in [1.165, 1.54) is 11.8 Å². The van der Waals surface area contributed by atoms with E-state index in [1.807, 2.05) is 42.8 Å². The summed E-state index contributed by atoms with van der Waals surface area (Å²) in [6, 6.07) is 12.4.